The van der Waals surface area contributed by atoms with Crippen molar-refractivity contribution in [1.29, 1.82) is 0 Å². The summed E-state index contributed by atoms with van der Waals surface area (Å²) in [5.41, 5.74) is 0. The zero-order valence-electron chi connectivity index (χ0n) is 8.51. The number of ketones is 1. The van der Waals surface area contributed by atoms with Gasteiger partial charge in [-0.25, -0.2) is 0 Å². The molecule has 0 radical (unpaired) electrons. The van der Waals surface area contributed by atoms with Crippen molar-refractivity contribution in [3.05, 3.63) is 30.3 Å². The van der Waals surface area contributed by atoms with Crippen molar-refractivity contribution in [2.45, 2.75) is 16.6 Å². The van der Waals surface area contributed by atoms with Crippen LogP contribution in [0.25, 0.3) is 0 Å². The van der Waals surface area contributed by atoms with Gasteiger partial charge in [0, 0.05) is 10.8 Å². The Morgan fingerprint density at radius 1 is 1.20 bits per heavy atom. The molecule has 4 saturated carbocycles. The zero-order chi connectivity index (χ0) is 10.2. The van der Waals surface area contributed by atoms with Crippen LogP contribution in [-0.2, 0) is 4.79 Å². The summed E-state index contributed by atoms with van der Waals surface area (Å²) >= 11 is 1.78. The summed E-state index contributed by atoms with van der Waals surface area (Å²) in [6, 6.07) is 10.3. The molecule has 4 aliphatic rings. The third kappa shape index (κ3) is 0.855. The normalized spacial score (nSPS) is 49.0. The molecule has 5 rings (SSSR count). The minimum absolute atomic E-state index is 0.0959. The van der Waals surface area contributed by atoms with E-state index in [0.717, 1.165) is 11.8 Å². The lowest BCUT2D eigenvalue weighted by Crippen LogP contribution is -2.26. The molecule has 76 valence electrons. The number of thioether (sulfide) groups is 1. The maximum absolute atomic E-state index is 12.1. The second kappa shape index (κ2) is 2.32. The third-order valence-electron chi connectivity index (χ3n) is 4.32. The van der Waals surface area contributed by atoms with Crippen LogP contribution in [0.2, 0.25) is 0 Å². The number of carbonyl (C=O) groups excluding carboxylic acids is 1. The van der Waals surface area contributed by atoms with Gasteiger partial charge in [-0.15, -0.1) is 11.8 Å². The summed E-state index contributed by atoms with van der Waals surface area (Å²) in [6.45, 7) is 2.15. The van der Waals surface area contributed by atoms with Crippen molar-refractivity contribution in [2.75, 3.05) is 0 Å². The Morgan fingerprint density at radius 2 is 1.87 bits per heavy atom. The first-order valence-corrected chi connectivity index (χ1v) is 6.33. The molecule has 4 fully saturated rings. The summed E-state index contributed by atoms with van der Waals surface area (Å²) in [6.07, 6.45) is 0. The standard InChI is InChI=1S/C13H12OS/c1-13(15-7-5-3-2-4-6-7)11-8-9(11)10(8)12(13)14/h2-6,8-11H,1H3/t8-,9?,10?,11?,13+/m1/s1. The van der Waals surface area contributed by atoms with Gasteiger partial charge in [-0.1, -0.05) is 18.2 Å². The molecule has 15 heavy (non-hydrogen) atoms. The lowest BCUT2D eigenvalue weighted by atomic mass is 10.1. The van der Waals surface area contributed by atoms with E-state index in [9.17, 15) is 4.79 Å². The summed E-state index contributed by atoms with van der Waals surface area (Å²) < 4.78 is -0.0959. The fourth-order valence-electron chi connectivity index (χ4n) is 3.45. The highest BCUT2D eigenvalue weighted by atomic mass is 32.2. The molecule has 0 aliphatic heterocycles. The monoisotopic (exact) mass is 216 g/mol. The van der Waals surface area contributed by atoms with E-state index in [4.69, 9.17) is 0 Å². The minimum atomic E-state index is -0.0959. The molecular formula is C13H12OS. The number of hydrogen-bond donors (Lipinski definition) is 0. The molecule has 0 N–H and O–H groups in total. The number of benzene rings is 1. The average Bonchev–Trinajstić information content (AvgIpc) is 3.04. The van der Waals surface area contributed by atoms with Crippen LogP contribution in [0.15, 0.2) is 35.2 Å². The molecule has 1 aromatic carbocycles. The summed E-state index contributed by atoms with van der Waals surface area (Å²) in [5, 5.41) is 0. The highest BCUT2D eigenvalue weighted by molar-refractivity contribution is 8.01. The van der Waals surface area contributed by atoms with E-state index in [1.165, 1.54) is 4.90 Å². The van der Waals surface area contributed by atoms with Crippen molar-refractivity contribution >= 4 is 17.5 Å². The van der Waals surface area contributed by atoms with Gasteiger partial charge in [0.2, 0.25) is 0 Å². The number of carbonyl (C=O) groups is 1. The van der Waals surface area contributed by atoms with Crippen LogP contribution in [0.1, 0.15) is 6.92 Å². The van der Waals surface area contributed by atoms with Crippen molar-refractivity contribution in [3.63, 3.8) is 0 Å². The van der Waals surface area contributed by atoms with Crippen molar-refractivity contribution < 1.29 is 4.79 Å². The van der Waals surface area contributed by atoms with E-state index in [1.807, 2.05) is 18.2 Å². The predicted molar refractivity (Wildman–Crippen MR) is 59.7 cm³/mol. The highest BCUT2D eigenvalue weighted by Gasteiger charge is 2.88. The lowest BCUT2D eigenvalue weighted by Gasteiger charge is -2.21. The number of fused-ring (bicyclic) bond motifs is 1. The first-order chi connectivity index (χ1) is 7.23. The van der Waals surface area contributed by atoms with Crippen LogP contribution < -0.4 is 0 Å². The molecule has 0 aromatic heterocycles. The van der Waals surface area contributed by atoms with Gasteiger partial charge in [-0.3, -0.25) is 4.79 Å². The Hall–Kier alpha value is -0.760. The summed E-state index contributed by atoms with van der Waals surface area (Å²) in [7, 11) is 0. The zero-order valence-corrected chi connectivity index (χ0v) is 9.33. The van der Waals surface area contributed by atoms with Crippen LogP contribution >= 0.6 is 11.8 Å². The second-order valence-corrected chi connectivity index (χ2v) is 6.62. The van der Waals surface area contributed by atoms with Crippen LogP contribution in [0.3, 0.4) is 0 Å². The summed E-state index contributed by atoms with van der Waals surface area (Å²) in [4.78, 5) is 13.3. The maximum Gasteiger partial charge on any atom is 0.152 e. The molecule has 1 nitrogen and oxygen atoms in total. The van der Waals surface area contributed by atoms with E-state index < -0.39 is 0 Å². The van der Waals surface area contributed by atoms with Gasteiger partial charge in [-0.05, 0) is 36.8 Å². The Morgan fingerprint density at radius 3 is 2.40 bits per heavy atom. The second-order valence-electron chi connectivity index (χ2n) is 5.09. The Labute approximate surface area is 93.3 Å². The first kappa shape index (κ1) is 8.40. The van der Waals surface area contributed by atoms with E-state index in [2.05, 4.69) is 19.1 Å². The van der Waals surface area contributed by atoms with Gasteiger partial charge < -0.3 is 0 Å². The molecule has 2 heteroatoms. The van der Waals surface area contributed by atoms with Gasteiger partial charge >= 0.3 is 0 Å². The van der Waals surface area contributed by atoms with Gasteiger partial charge in [0.05, 0.1) is 4.75 Å². The van der Waals surface area contributed by atoms with Gasteiger partial charge in [0.15, 0.2) is 5.78 Å². The molecule has 3 unspecified atom stereocenters. The molecule has 5 atom stereocenters. The molecule has 0 saturated heterocycles. The Balaban J connectivity index is 1.66. The van der Waals surface area contributed by atoms with Crippen LogP contribution in [0.4, 0.5) is 0 Å². The van der Waals surface area contributed by atoms with Gasteiger partial charge in [0.1, 0.15) is 0 Å². The fourth-order valence-corrected chi connectivity index (χ4v) is 4.92. The summed E-state index contributed by atoms with van der Waals surface area (Å²) in [5.74, 6) is 3.28. The number of Topliss-reactive ketones (excluding diaryl/α,β-unsaturated/α-hetero) is 1. The Bertz CT molecular complexity index is 445. The SMILES string of the molecule is C[C@@]1(Sc2ccccc2)C(=O)C2C3C1[C@@H]23. The smallest absolute Gasteiger partial charge is 0.152 e. The van der Waals surface area contributed by atoms with E-state index >= 15 is 0 Å². The van der Waals surface area contributed by atoms with E-state index in [1.54, 1.807) is 11.8 Å². The van der Waals surface area contributed by atoms with Crippen molar-refractivity contribution in [1.82, 2.24) is 0 Å². The van der Waals surface area contributed by atoms with Gasteiger partial charge in [0.25, 0.3) is 0 Å². The van der Waals surface area contributed by atoms with Crippen molar-refractivity contribution in [2.24, 2.45) is 23.7 Å². The quantitative estimate of drug-likeness (QED) is 0.756. The van der Waals surface area contributed by atoms with Crippen LogP contribution in [0, 0.1) is 23.7 Å². The average molecular weight is 216 g/mol. The minimum Gasteiger partial charge on any atom is -0.298 e. The fraction of sp³-hybridized carbons (Fsp3) is 0.462. The molecule has 1 aromatic rings. The van der Waals surface area contributed by atoms with Crippen LogP contribution in [0.5, 0.6) is 0 Å². The number of rotatable bonds is 2. The molecule has 4 aliphatic carbocycles. The lowest BCUT2D eigenvalue weighted by molar-refractivity contribution is -0.119. The highest BCUT2D eigenvalue weighted by Crippen LogP contribution is 2.85. The van der Waals surface area contributed by atoms with Crippen LogP contribution in [-0.4, -0.2) is 10.5 Å². The predicted octanol–water partition coefficient (Wildman–Crippen LogP) is 2.61. The molecule has 0 spiro atoms. The van der Waals surface area contributed by atoms with Gasteiger partial charge in [-0.2, -0.15) is 0 Å². The first-order valence-electron chi connectivity index (χ1n) is 5.52. The molecule has 2 bridgehead atoms. The molecular weight excluding hydrogens is 204 g/mol. The Kier molecular flexibility index (Phi) is 1.30. The number of hydrogen-bond acceptors (Lipinski definition) is 2. The molecule has 0 amide bonds. The topological polar surface area (TPSA) is 17.1 Å². The third-order valence-corrected chi connectivity index (χ3v) is 5.73. The maximum atomic E-state index is 12.1. The van der Waals surface area contributed by atoms with E-state index in [0.29, 0.717) is 17.6 Å². The van der Waals surface area contributed by atoms with Crippen molar-refractivity contribution in [3.8, 4) is 0 Å². The van der Waals surface area contributed by atoms with E-state index in [-0.39, 0.29) is 4.75 Å². The molecule has 0 heterocycles. The largest absolute Gasteiger partial charge is 0.298 e.